The van der Waals surface area contributed by atoms with Crippen LogP contribution in [0.25, 0.3) is 11.3 Å². The van der Waals surface area contributed by atoms with Crippen LogP contribution in [0.3, 0.4) is 0 Å². The van der Waals surface area contributed by atoms with Crippen molar-refractivity contribution in [1.29, 1.82) is 0 Å². The molecule has 2 aromatic rings. The highest BCUT2D eigenvalue weighted by molar-refractivity contribution is 7.98. The van der Waals surface area contributed by atoms with E-state index >= 15 is 0 Å². The summed E-state index contributed by atoms with van der Waals surface area (Å²) in [6.07, 6.45) is 5.45. The molecule has 4 nitrogen and oxygen atoms in total. The molecule has 3 rings (SSSR count). The summed E-state index contributed by atoms with van der Waals surface area (Å²) in [4.78, 5) is 19.4. The minimum absolute atomic E-state index is 0.0984. The number of thiazole rings is 1. The molecule has 2 heterocycles. The van der Waals surface area contributed by atoms with Crippen molar-refractivity contribution in [3.05, 3.63) is 35.2 Å². The Kier molecular flexibility index (Phi) is 6.90. The van der Waals surface area contributed by atoms with Crippen LogP contribution >= 0.6 is 23.1 Å². The first-order chi connectivity index (χ1) is 12.3. The summed E-state index contributed by atoms with van der Waals surface area (Å²) in [5, 5.41) is 5.11. The number of benzene rings is 1. The molecule has 1 saturated heterocycles. The van der Waals surface area contributed by atoms with Gasteiger partial charge in [0.25, 0.3) is 0 Å². The number of thioether (sulfide) groups is 1. The van der Waals surface area contributed by atoms with Crippen LogP contribution < -0.4 is 5.32 Å². The number of anilines is 1. The fraction of sp³-hybridized carbons (Fsp3) is 0.474. The van der Waals surface area contributed by atoms with Crippen molar-refractivity contribution in [3.63, 3.8) is 0 Å². The topological polar surface area (TPSA) is 45.2 Å². The second kappa shape index (κ2) is 9.36. The van der Waals surface area contributed by atoms with Crippen LogP contribution in [0.5, 0.6) is 0 Å². The van der Waals surface area contributed by atoms with Crippen LogP contribution in [0.2, 0.25) is 0 Å². The number of likely N-dealkylation sites (tertiary alicyclic amines) is 1. The van der Waals surface area contributed by atoms with Gasteiger partial charge in [-0.25, -0.2) is 4.98 Å². The SMILES string of the molecule is CSCCCN1CCC[C@@H](C(=O)Nc2ccc(-c3cscn3)cc2)C1. The first-order valence-electron chi connectivity index (χ1n) is 8.77. The van der Waals surface area contributed by atoms with E-state index in [4.69, 9.17) is 0 Å². The number of nitrogens with one attached hydrogen (secondary N) is 1. The van der Waals surface area contributed by atoms with Crippen LogP contribution in [-0.2, 0) is 4.79 Å². The third-order valence-corrected chi connectivity index (χ3v) is 5.86. The van der Waals surface area contributed by atoms with E-state index in [0.717, 1.165) is 49.4 Å². The van der Waals surface area contributed by atoms with Gasteiger partial charge in [0.05, 0.1) is 17.1 Å². The molecular formula is C19H25N3OS2. The van der Waals surface area contributed by atoms with E-state index in [1.807, 2.05) is 46.9 Å². The van der Waals surface area contributed by atoms with Crippen LogP contribution in [0, 0.1) is 5.92 Å². The Hall–Kier alpha value is -1.37. The second-order valence-corrected chi connectivity index (χ2v) is 8.13. The molecule has 0 aliphatic carbocycles. The number of rotatable bonds is 7. The molecule has 0 bridgehead atoms. The number of hydrogen-bond acceptors (Lipinski definition) is 5. The number of nitrogens with zero attached hydrogens (tertiary/aromatic N) is 2. The first kappa shape index (κ1) is 18.4. The van der Waals surface area contributed by atoms with E-state index in [9.17, 15) is 4.79 Å². The highest BCUT2D eigenvalue weighted by atomic mass is 32.2. The standard InChI is InChI=1S/C19H25N3OS2/c1-24-11-3-10-22-9-2-4-16(12-22)19(23)21-17-7-5-15(6-8-17)18-13-25-14-20-18/h5-8,13-14,16H,2-4,9-12H2,1H3,(H,21,23)/t16-/m1/s1. The third kappa shape index (κ3) is 5.30. The third-order valence-electron chi connectivity index (χ3n) is 4.58. The molecule has 1 aromatic heterocycles. The van der Waals surface area contributed by atoms with Gasteiger partial charge in [0.2, 0.25) is 5.91 Å². The molecule has 0 saturated carbocycles. The van der Waals surface area contributed by atoms with E-state index in [1.165, 1.54) is 12.2 Å². The number of amides is 1. The van der Waals surface area contributed by atoms with Gasteiger partial charge < -0.3 is 10.2 Å². The zero-order valence-electron chi connectivity index (χ0n) is 14.6. The summed E-state index contributed by atoms with van der Waals surface area (Å²) in [5.74, 6) is 1.44. The highest BCUT2D eigenvalue weighted by Gasteiger charge is 2.25. The molecule has 0 spiro atoms. The predicted molar refractivity (Wildman–Crippen MR) is 108 cm³/mol. The largest absolute Gasteiger partial charge is 0.326 e. The smallest absolute Gasteiger partial charge is 0.228 e. The summed E-state index contributed by atoms with van der Waals surface area (Å²) in [6.45, 7) is 3.12. The molecule has 0 radical (unpaired) electrons. The molecule has 6 heteroatoms. The van der Waals surface area contributed by atoms with Crippen LogP contribution in [0.4, 0.5) is 5.69 Å². The Bertz CT molecular complexity index is 658. The van der Waals surface area contributed by atoms with Crippen molar-refractivity contribution in [2.45, 2.75) is 19.3 Å². The lowest BCUT2D eigenvalue weighted by molar-refractivity contribution is -0.121. The molecule has 1 fully saturated rings. The van der Waals surface area contributed by atoms with Gasteiger partial charge in [-0.05, 0) is 56.5 Å². The van der Waals surface area contributed by atoms with Gasteiger partial charge in [-0.2, -0.15) is 11.8 Å². The Balaban J connectivity index is 1.52. The summed E-state index contributed by atoms with van der Waals surface area (Å²) < 4.78 is 0. The number of hydrogen-bond donors (Lipinski definition) is 1. The molecular weight excluding hydrogens is 350 g/mol. The van der Waals surface area contributed by atoms with Gasteiger partial charge in [0.15, 0.2) is 0 Å². The molecule has 0 unspecified atom stereocenters. The molecule has 1 N–H and O–H groups in total. The maximum Gasteiger partial charge on any atom is 0.228 e. The predicted octanol–water partition coefficient (Wildman–Crippen LogP) is 4.21. The van der Waals surface area contributed by atoms with E-state index in [0.29, 0.717) is 0 Å². The molecule has 1 aliphatic heterocycles. The minimum Gasteiger partial charge on any atom is -0.326 e. The number of carbonyl (C=O) groups is 1. The van der Waals surface area contributed by atoms with E-state index in [1.54, 1.807) is 11.3 Å². The molecule has 1 aromatic carbocycles. The van der Waals surface area contributed by atoms with Gasteiger partial charge in [-0.1, -0.05) is 12.1 Å². The lowest BCUT2D eigenvalue weighted by Crippen LogP contribution is -2.41. The number of aromatic nitrogens is 1. The van der Waals surface area contributed by atoms with Gasteiger partial charge in [0.1, 0.15) is 0 Å². The van der Waals surface area contributed by atoms with Crippen molar-refractivity contribution >= 4 is 34.7 Å². The number of piperidine rings is 1. The summed E-state index contributed by atoms with van der Waals surface area (Å²) in [6, 6.07) is 7.96. The van der Waals surface area contributed by atoms with Gasteiger partial charge in [-0.3, -0.25) is 4.79 Å². The Morgan fingerprint density at radius 2 is 2.24 bits per heavy atom. The zero-order chi connectivity index (χ0) is 17.5. The van der Waals surface area contributed by atoms with Crippen molar-refractivity contribution in [2.24, 2.45) is 5.92 Å². The van der Waals surface area contributed by atoms with Crippen molar-refractivity contribution in [1.82, 2.24) is 9.88 Å². The van der Waals surface area contributed by atoms with E-state index in [-0.39, 0.29) is 11.8 Å². The zero-order valence-corrected chi connectivity index (χ0v) is 16.2. The summed E-state index contributed by atoms with van der Waals surface area (Å²) >= 11 is 3.48. The van der Waals surface area contributed by atoms with Gasteiger partial charge >= 0.3 is 0 Å². The van der Waals surface area contributed by atoms with E-state index in [2.05, 4.69) is 21.5 Å². The van der Waals surface area contributed by atoms with Crippen LogP contribution in [0.1, 0.15) is 19.3 Å². The minimum atomic E-state index is 0.0984. The van der Waals surface area contributed by atoms with Crippen LogP contribution in [0.15, 0.2) is 35.2 Å². The average Bonchev–Trinajstić information content (AvgIpc) is 3.17. The lowest BCUT2D eigenvalue weighted by Gasteiger charge is -2.31. The molecule has 1 atom stereocenters. The highest BCUT2D eigenvalue weighted by Crippen LogP contribution is 2.23. The Morgan fingerprint density at radius 1 is 1.40 bits per heavy atom. The Morgan fingerprint density at radius 3 is 2.96 bits per heavy atom. The number of carbonyl (C=O) groups excluding carboxylic acids is 1. The maximum atomic E-state index is 12.6. The van der Waals surface area contributed by atoms with Gasteiger partial charge in [-0.15, -0.1) is 11.3 Å². The maximum absolute atomic E-state index is 12.6. The monoisotopic (exact) mass is 375 g/mol. The van der Waals surface area contributed by atoms with Gasteiger partial charge in [0, 0.05) is 23.2 Å². The fourth-order valence-corrected chi connectivity index (χ4v) is 4.21. The fourth-order valence-electron chi connectivity index (χ4n) is 3.23. The Labute approximate surface area is 158 Å². The summed E-state index contributed by atoms with van der Waals surface area (Å²) in [7, 11) is 0. The van der Waals surface area contributed by atoms with Crippen LogP contribution in [-0.4, -0.2) is 47.4 Å². The van der Waals surface area contributed by atoms with Crippen molar-refractivity contribution in [2.75, 3.05) is 37.0 Å². The summed E-state index contributed by atoms with van der Waals surface area (Å²) in [5.41, 5.74) is 4.76. The molecule has 25 heavy (non-hydrogen) atoms. The van der Waals surface area contributed by atoms with Crippen molar-refractivity contribution in [3.8, 4) is 11.3 Å². The quantitative estimate of drug-likeness (QED) is 0.736. The molecule has 134 valence electrons. The molecule has 1 amide bonds. The van der Waals surface area contributed by atoms with E-state index < -0.39 is 0 Å². The average molecular weight is 376 g/mol. The molecule has 1 aliphatic rings. The normalized spacial score (nSPS) is 18.2. The second-order valence-electron chi connectivity index (χ2n) is 6.43. The van der Waals surface area contributed by atoms with Crippen molar-refractivity contribution < 1.29 is 4.79 Å². The first-order valence-corrected chi connectivity index (χ1v) is 11.1. The lowest BCUT2D eigenvalue weighted by atomic mass is 9.97.